The van der Waals surface area contributed by atoms with E-state index in [2.05, 4.69) is 44.8 Å². The Labute approximate surface area is 103 Å². The highest BCUT2D eigenvalue weighted by molar-refractivity contribution is 5.82. The fourth-order valence-electron chi connectivity index (χ4n) is 2.83. The standard InChI is InChI=1S/C16H17N/c1-9-5-6-10(2)15-13(9)7-14-16(15)12(4)11(3)8-17-14/h5-6,8H,7H2,1-4H3. The molecule has 0 saturated heterocycles. The molecule has 0 fully saturated rings. The van der Waals surface area contributed by atoms with Crippen molar-refractivity contribution in [3.05, 3.63) is 51.8 Å². The molecule has 1 aromatic heterocycles. The Hall–Kier alpha value is -1.63. The monoisotopic (exact) mass is 223 g/mol. The summed E-state index contributed by atoms with van der Waals surface area (Å²) in [5.74, 6) is 0. The fraction of sp³-hybridized carbons (Fsp3) is 0.312. The molecule has 1 nitrogen and oxygen atoms in total. The minimum absolute atomic E-state index is 0.999. The van der Waals surface area contributed by atoms with Gasteiger partial charge in [-0.15, -0.1) is 0 Å². The van der Waals surface area contributed by atoms with Crippen LogP contribution >= 0.6 is 0 Å². The van der Waals surface area contributed by atoms with Gasteiger partial charge < -0.3 is 0 Å². The summed E-state index contributed by atoms with van der Waals surface area (Å²) in [6, 6.07) is 4.45. The third-order valence-corrected chi connectivity index (χ3v) is 4.02. The van der Waals surface area contributed by atoms with E-state index >= 15 is 0 Å². The average Bonchev–Trinajstić information content (AvgIpc) is 2.70. The molecule has 0 N–H and O–H groups in total. The maximum Gasteiger partial charge on any atom is 0.0529 e. The van der Waals surface area contributed by atoms with E-state index in [0.29, 0.717) is 0 Å². The quantitative estimate of drug-likeness (QED) is 0.563. The molecule has 0 bridgehead atoms. The molecule has 1 heteroatoms. The summed E-state index contributed by atoms with van der Waals surface area (Å²) in [5.41, 5.74) is 11.0. The largest absolute Gasteiger partial charge is 0.260 e. The van der Waals surface area contributed by atoms with E-state index < -0.39 is 0 Å². The Balaban J connectivity index is 2.41. The fourth-order valence-corrected chi connectivity index (χ4v) is 2.83. The van der Waals surface area contributed by atoms with Crippen molar-refractivity contribution >= 4 is 0 Å². The number of benzene rings is 1. The van der Waals surface area contributed by atoms with Crippen LogP contribution in [0.15, 0.2) is 18.3 Å². The van der Waals surface area contributed by atoms with Crippen molar-refractivity contribution in [1.29, 1.82) is 0 Å². The van der Waals surface area contributed by atoms with Crippen LogP contribution in [0.5, 0.6) is 0 Å². The Kier molecular flexibility index (Phi) is 2.12. The van der Waals surface area contributed by atoms with Crippen molar-refractivity contribution in [3.8, 4) is 11.1 Å². The van der Waals surface area contributed by atoms with Gasteiger partial charge in [-0.2, -0.15) is 0 Å². The van der Waals surface area contributed by atoms with Crippen molar-refractivity contribution in [2.24, 2.45) is 0 Å². The van der Waals surface area contributed by atoms with Crippen LogP contribution in [0.2, 0.25) is 0 Å². The SMILES string of the molecule is Cc1cnc2c(c1C)-c1c(C)ccc(C)c1C2. The highest BCUT2D eigenvalue weighted by atomic mass is 14.7. The first-order chi connectivity index (χ1) is 8.09. The highest BCUT2D eigenvalue weighted by Gasteiger charge is 2.24. The number of rotatable bonds is 0. The van der Waals surface area contributed by atoms with Gasteiger partial charge in [-0.3, -0.25) is 4.98 Å². The van der Waals surface area contributed by atoms with Gasteiger partial charge in [0.25, 0.3) is 0 Å². The van der Waals surface area contributed by atoms with Gasteiger partial charge in [-0.05, 0) is 61.1 Å². The number of aromatic nitrogens is 1. The normalized spacial score (nSPS) is 12.5. The van der Waals surface area contributed by atoms with Crippen LogP contribution in [0.25, 0.3) is 11.1 Å². The van der Waals surface area contributed by atoms with Crippen molar-refractivity contribution in [2.75, 3.05) is 0 Å². The van der Waals surface area contributed by atoms with Gasteiger partial charge in [0, 0.05) is 18.2 Å². The zero-order valence-corrected chi connectivity index (χ0v) is 10.9. The first-order valence-electron chi connectivity index (χ1n) is 6.14. The lowest BCUT2D eigenvalue weighted by Crippen LogP contribution is -1.93. The molecule has 0 radical (unpaired) electrons. The molecule has 1 aliphatic rings. The number of pyridine rings is 1. The van der Waals surface area contributed by atoms with Crippen LogP contribution < -0.4 is 0 Å². The van der Waals surface area contributed by atoms with Gasteiger partial charge in [0.05, 0.1) is 5.69 Å². The van der Waals surface area contributed by atoms with E-state index in [1.807, 2.05) is 6.20 Å². The maximum absolute atomic E-state index is 4.62. The second kappa shape index (κ2) is 3.43. The molecule has 0 atom stereocenters. The number of fused-ring (bicyclic) bond motifs is 3. The van der Waals surface area contributed by atoms with Crippen molar-refractivity contribution in [1.82, 2.24) is 4.98 Å². The molecule has 17 heavy (non-hydrogen) atoms. The highest BCUT2D eigenvalue weighted by Crippen LogP contribution is 2.41. The van der Waals surface area contributed by atoms with Crippen molar-refractivity contribution < 1.29 is 0 Å². The lowest BCUT2D eigenvalue weighted by Gasteiger charge is -2.11. The predicted octanol–water partition coefficient (Wildman–Crippen LogP) is 3.89. The summed E-state index contributed by atoms with van der Waals surface area (Å²) in [6.07, 6.45) is 3.00. The zero-order valence-electron chi connectivity index (χ0n) is 10.9. The smallest absolute Gasteiger partial charge is 0.0529 e. The first kappa shape index (κ1) is 10.5. The third-order valence-electron chi connectivity index (χ3n) is 4.02. The van der Waals surface area contributed by atoms with E-state index in [1.54, 1.807) is 0 Å². The summed E-state index contributed by atoms with van der Waals surface area (Å²) in [6.45, 7) is 8.76. The lowest BCUT2D eigenvalue weighted by atomic mass is 9.94. The van der Waals surface area contributed by atoms with Crippen LogP contribution in [0.1, 0.15) is 33.5 Å². The molecular formula is C16H17N. The Morgan fingerprint density at radius 1 is 0.882 bits per heavy atom. The Bertz CT molecular complexity index is 624. The van der Waals surface area contributed by atoms with E-state index in [4.69, 9.17) is 0 Å². The lowest BCUT2D eigenvalue weighted by molar-refractivity contribution is 1.08. The number of hydrogen-bond acceptors (Lipinski definition) is 1. The molecule has 3 rings (SSSR count). The molecule has 0 saturated carbocycles. The topological polar surface area (TPSA) is 12.9 Å². The molecule has 2 aromatic rings. The Morgan fingerprint density at radius 2 is 1.59 bits per heavy atom. The number of nitrogens with zero attached hydrogens (tertiary/aromatic N) is 1. The van der Waals surface area contributed by atoms with Crippen molar-refractivity contribution in [3.63, 3.8) is 0 Å². The van der Waals surface area contributed by atoms with E-state index in [1.165, 1.54) is 44.6 Å². The number of aryl methyl sites for hydroxylation is 3. The molecule has 0 aliphatic heterocycles. The van der Waals surface area contributed by atoms with Gasteiger partial charge >= 0.3 is 0 Å². The molecular weight excluding hydrogens is 206 g/mol. The maximum atomic E-state index is 4.62. The molecule has 0 unspecified atom stereocenters. The first-order valence-corrected chi connectivity index (χ1v) is 6.14. The van der Waals surface area contributed by atoms with Crippen LogP contribution in [-0.2, 0) is 6.42 Å². The molecule has 1 aliphatic carbocycles. The second-order valence-corrected chi connectivity index (χ2v) is 5.12. The van der Waals surface area contributed by atoms with E-state index in [9.17, 15) is 0 Å². The van der Waals surface area contributed by atoms with Gasteiger partial charge in [-0.25, -0.2) is 0 Å². The summed E-state index contributed by atoms with van der Waals surface area (Å²) in [5, 5.41) is 0. The van der Waals surface area contributed by atoms with Gasteiger partial charge in [0.1, 0.15) is 0 Å². The molecule has 86 valence electrons. The van der Waals surface area contributed by atoms with Gasteiger partial charge in [-0.1, -0.05) is 12.1 Å². The predicted molar refractivity (Wildman–Crippen MR) is 71.4 cm³/mol. The third kappa shape index (κ3) is 1.35. The van der Waals surface area contributed by atoms with E-state index in [-0.39, 0.29) is 0 Å². The second-order valence-electron chi connectivity index (χ2n) is 5.12. The minimum Gasteiger partial charge on any atom is -0.260 e. The summed E-state index contributed by atoms with van der Waals surface area (Å²) >= 11 is 0. The van der Waals surface area contributed by atoms with E-state index in [0.717, 1.165) is 6.42 Å². The van der Waals surface area contributed by atoms with Crippen LogP contribution in [0.3, 0.4) is 0 Å². The van der Waals surface area contributed by atoms with Gasteiger partial charge in [0.15, 0.2) is 0 Å². The number of hydrogen-bond donors (Lipinski definition) is 0. The van der Waals surface area contributed by atoms with Gasteiger partial charge in [0.2, 0.25) is 0 Å². The summed E-state index contributed by atoms with van der Waals surface area (Å²) < 4.78 is 0. The molecule has 0 amide bonds. The minimum atomic E-state index is 0.999. The van der Waals surface area contributed by atoms with Crippen molar-refractivity contribution in [2.45, 2.75) is 34.1 Å². The summed E-state index contributed by atoms with van der Waals surface area (Å²) in [7, 11) is 0. The average molecular weight is 223 g/mol. The zero-order chi connectivity index (χ0) is 12.2. The van der Waals surface area contributed by atoms with Crippen LogP contribution in [-0.4, -0.2) is 4.98 Å². The Morgan fingerprint density at radius 3 is 2.35 bits per heavy atom. The van der Waals surface area contributed by atoms with Crippen LogP contribution in [0.4, 0.5) is 0 Å². The molecule has 1 aromatic carbocycles. The summed E-state index contributed by atoms with van der Waals surface area (Å²) in [4.78, 5) is 4.62. The molecule has 0 spiro atoms. The molecule has 1 heterocycles. The van der Waals surface area contributed by atoms with Crippen LogP contribution in [0, 0.1) is 27.7 Å².